The number of carbonyl (C=O) groups is 1. The van der Waals surface area contributed by atoms with Crippen molar-refractivity contribution in [3.63, 3.8) is 0 Å². The topological polar surface area (TPSA) is 107 Å². The number of anilines is 4. The summed E-state index contributed by atoms with van der Waals surface area (Å²) in [6.07, 6.45) is 6.11. The number of para-hydroxylation sites is 1. The van der Waals surface area contributed by atoms with E-state index in [0.29, 0.717) is 36.3 Å². The lowest BCUT2D eigenvalue weighted by atomic mass is 10.0. The van der Waals surface area contributed by atoms with Gasteiger partial charge in [0.15, 0.2) is 11.5 Å². The number of hydrogen-bond acceptors (Lipinski definition) is 9. The molecule has 2 N–H and O–H groups in total. The number of fused-ring (bicyclic) bond motifs is 1. The minimum Gasteiger partial charge on any atom is -0.493 e. The second-order valence-electron chi connectivity index (χ2n) is 8.31. The van der Waals surface area contributed by atoms with Gasteiger partial charge in [0.2, 0.25) is 5.95 Å². The van der Waals surface area contributed by atoms with Crippen LogP contribution in [0.25, 0.3) is 10.9 Å². The molecule has 0 bridgehead atoms. The Balaban J connectivity index is 1.51. The molecule has 4 rings (SSSR count). The number of unbranched alkanes of at least 4 members (excludes halogenated alkanes) is 1. The highest BCUT2D eigenvalue weighted by atomic mass is 16.5. The predicted octanol–water partition coefficient (Wildman–Crippen LogP) is 5.81. The van der Waals surface area contributed by atoms with Crippen molar-refractivity contribution in [3.05, 3.63) is 66.5 Å². The standard InChI is InChI=1S/C28H31N5O4/c1-4-37-27(34)12-8-6-10-20-16-24(35-2)25(36-3)17-23(20)32-28-29-14-13-26(33-28)31-21-15-19-9-5-7-11-22(19)30-18-21/h5,7,9,11,13-18H,4,6,8,10,12H2,1-3H3,(H2,29,31,32,33). The summed E-state index contributed by atoms with van der Waals surface area (Å²) >= 11 is 0. The summed E-state index contributed by atoms with van der Waals surface area (Å²) in [6, 6.07) is 15.6. The first-order valence-electron chi connectivity index (χ1n) is 12.2. The van der Waals surface area contributed by atoms with Gasteiger partial charge in [0.1, 0.15) is 5.82 Å². The Hall–Kier alpha value is -4.40. The molecule has 0 saturated heterocycles. The fourth-order valence-electron chi connectivity index (χ4n) is 3.96. The molecule has 0 aliphatic carbocycles. The monoisotopic (exact) mass is 501 g/mol. The van der Waals surface area contributed by atoms with Crippen LogP contribution >= 0.6 is 0 Å². The van der Waals surface area contributed by atoms with Gasteiger partial charge >= 0.3 is 5.97 Å². The second-order valence-corrected chi connectivity index (χ2v) is 8.31. The largest absolute Gasteiger partial charge is 0.493 e. The number of rotatable bonds is 12. The minimum absolute atomic E-state index is 0.174. The first-order valence-corrected chi connectivity index (χ1v) is 12.2. The highest BCUT2D eigenvalue weighted by molar-refractivity contribution is 5.82. The Kier molecular flexibility index (Phi) is 8.70. The van der Waals surface area contributed by atoms with E-state index < -0.39 is 0 Å². The molecular formula is C28H31N5O4. The van der Waals surface area contributed by atoms with Crippen LogP contribution in [0.5, 0.6) is 11.5 Å². The van der Waals surface area contributed by atoms with E-state index in [9.17, 15) is 4.79 Å². The number of pyridine rings is 1. The predicted molar refractivity (Wildman–Crippen MR) is 144 cm³/mol. The number of hydrogen-bond donors (Lipinski definition) is 2. The maximum absolute atomic E-state index is 11.7. The summed E-state index contributed by atoms with van der Waals surface area (Å²) in [5.74, 6) is 2.11. The SMILES string of the molecule is CCOC(=O)CCCCc1cc(OC)c(OC)cc1Nc1nccc(Nc2cnc3ccccc3c2)n1. The van der Waals surface area contributed by atoms with Gasteiger partial charge in [0.25, 0.3) is 0 Å². The average molecular weight is 502 g/mol. The molecule has 0 radical (unpaired) electrons. The smallest absolute Gasteiger partial charge is 0.305 e. The van der Waals surface area contributed by atoms with E-state index in [1.54, 1.807) is 32.7 Å². The third-order valence-electron chi connectivity index (χ3n) is 5.76. The van der Waals surface area contributed by atoms with Crippen LogP contribution in [-0.2, 0) is 16.0 Å². The number of methoxy groups -OCH3 is 2. The van der Waals surface area contributed by atoms with Crippen LogP contribution in [0.4, 0.5) is 23.1 Å². The van der Waals surface area contributed by atoms with Gasteiger partial charge in [-0.1, -0.05) is 18.2 Å². The van der Waals surface area contributed by atoms with Crippen LogP contribution in [0.1, 0.15) is 31.7 Å². The Bertz CT molecular complexity index is 1360. The lowest BCUT2D eigenvalue weighted by Crippen LogP contribution is -2.05. The molecule has 0 atom stereocenters. The highest BCUT2D eigenvalue weighted by Gasteiger charge is 2.13. The lowest BCUT2D eigenvalue weighted by Gasteiger charge is -2.16. The van der Waals surface area contributed by atoms with Gasteiger partial charge < -0.3 is 24.8 Å². The number of benzene rings is 2. The zero-order valence-electron chi connectivity index (χ0n) is 21.3. The molecule has 37 heavy (non-hydrogen) atoms. The molecule has 4 aromatic rings. The molecule has 0 unspecified atom stereocenters. The van der Waals surface area contributed by atoms with Crippen LogP contribution in [0, 0.1) is 0 Å². The van der Waals surface area contributed by atoms with Crippen molar-refractivity contribution >= 4 is 40.0 Å². The van der Waals surface area contributed by atoms with Crippen molar-refractivity contribution in [2.45, 2.75) is 32.6 Å². The fourth-order valence-corrected chi connectivity index (χ4v) is 3.96. The van der Waals surface area contributed by atoms with E-state index in [1.807, 2.05) is 49.4 Å². The first kappa shape index (κ1) is 25.7. The van der Waals surface area contributed by atoms with E-state index in [0.717, 1.165) is 47.1 Å². The van der Waals surface area contributed by atoms with Crippen molar-refractivity contribution in [1.82, 2.24) is 15.0 Å². The van der Waals surface area contributed by atoms with Crippen LogP contribution < -0.4 is 20.1 Å². The Morgan fingerprint density at radius 3 is 2.57 bits per heavy atom. The quantitative estimate of drug-likeness (QED) is 0.184. The Morgan fingerprint density at radius 2 is 1.76 bits per heavy atom. The summed E-state index contributed by atoms with van der Waals surface area (Å²) in [4.78, 5) is 25.2. The molecule has 9 nitrogen and oxygen atoms in total. The molecule has 192 valence electrons. The summed E-state index contributed by atoms with van der Waals surface area (Å²) < 4.78 is 16.0. The Labute approximate surface area is 216 Å². The summed E-state index contributed by atoms with van der Waals surface area (Å²) in [5.41, 5.74) is 3.57. The molecular weight excluding hydrogens is 470 g/mol. The maximum atomic E-state index is 11.7. The molecule has 9 heteroatoms. The highest BCUT2D eigenvalue weighted by Crippen LogP contribution is 2.35. The average Bonchev–Trinajstić information content (AvgIpc) is 2.91. The van der Waals surface area contributed by atoms with Crippen LogP contribution in [0.2, 0.25) is 0 Å². The van der Waals surface area contributed by atoms with E-state index >= 15 is 0 Å². The van der Waals surface area contributed by atoms with Gasteiger partial charge in [0, 0.05) is 29.8 Å². The number of aryl methyl sites for hydroxylation is 1. The molecule has 2 heterocycles. The van der Waals surface area contributed by atoms with E-state index in [4.69, 9.17) is 14.2 Å². The van der Waals surface area contributed by atoms with Crippen molar-refractivity contribution in [2.24, 2.45) is 0 Å². The molecule has 0 spiro atoms. The third kappa shape index (κ3) is 6.84. The van der Waals surface area contributed by atoms with E-state index in [-0.39, 0.29) is 5.97 Å². The molecule has 0 aliphatic heterocycles. The molecule has 0 amide bonds. The van der Waals surface area contributed by atoms with Crippen molar-refractivity contribution in [2.75, 3.05) is 31.5 Å². The van der Waals surface area contributed by atoms with E-state index in [1.165, 1.54) is 0 Å². The summed E-state index contributed by atoms with van der Waals surface area (Å²) in [7, 11) is 3.20. The summed E-state index contributed by atoms with van der Waals surface area (Å²) in [6.45, 7) is 2.21. The number of aromatic nitrogens is 3. The van der Waals surface area contributed by atoms with Crippen LogP contribution in [0.15, 0.2) is 60.9 Å². The third-order valence-corrected chi connectivity index (χ3v) is 5.76. The van der Waals surface area contributed by atoms with Crippen molar-refractivity contribution in [3.8, 4) is 11.5 Å². The number of carbonyl (C=O) groups excluding carboxylic acids is 1. The van der Waals surface area contributed by atoms with Gasteiger partial charge in [-0.2, -0.15) is 4.98 Å². The molecule has 0 fully saturated rings. The molecule has 0 saturated carbocycles. The van der Waals surface area contributed by atoms with Crippen molar-refractivity contribution in [1.29, 1.82) is 0 Å². The lowest BCUT2D eigenvalue weighted by molar-refractivity contribution is -0.143. The molecule has 0 aliphatic rings. The van der Waals surface area contributed by atoms with Gasteiger partial charge in [-0.3, -0.25) is 9.78 Å². The van der Waals surface area contributed by atoms with Crippen molar-refractivity contribution < 1.29 is 19.0 Å². The molecule has 2 aromatic carbocycles. The number of ether oxygens (including phenoxy) is 3. The number of nitrogens with zero attached hydrogens (tertiary/aromatic N) is 3. The summed E-state index contributed by atoms with van der Waals surface area (Å²) in [5, 5.41) is 7.66. The fraction of sp³-hybridized carbons (Fsp3) is 0.286. The van der Waals surface area contributed by atoms with Gasteiger partial charge in [-0.15, -0.1) is 0 Å². The normalized spacial score (nSPS) is 10.7. The van der Waals surface area contributed by atoms with Crippen LogP contribution in [0.3, 0.4) is 0 Å². The van der Waals surface area contributed by atoms with E-state index in [2.05, 4.69) is 25.6 Å². The van der Waals surface area contributed by atoms with Crippen LogP contribution in [-0.4, -0.2) is 41.7 Å². The maximum Gasteiger partial charge on any atom is 0.305 e. The zero-order valence-corrected chi connectivity index (χ0v) is 21.3. The van der Waals surface area contributed by atoms with Gasteiger partial charge in [-0.05, 0) is 56.0 Å². The van der Waals surface area contributed by atoms with Gasteiger partial charge in [-0.25, -0.2) is 4.98 Å². The zero-order chi connectivity index (χ0) is 26.0. The number of nitrogens with one attached hydrogen (secondary N) is 2. The number of esters is 1. The second kappa shape index (κ2) is 12.5. The first-order chi connectivity index (χ1) is 18.1. The molecule has 2 aromatic heterocycles. The van der Waals surface area contributed by atoms with Gasteiger partial charge in [0.05, 0.1) is 38.2 Å². The minimum atomic E-state index is -0.174. The Morgan fingerprint density at radius 1 is 0.946 bits per heavy atom.